The first-order valence-corrected chi connectivity index (χ1v) is 3.13. The SMILES string of the molecule is Cc1c(C(N)=O)c(N)nn1C. The van der Waals surface area contributed by atoms with E-state index in [2.05, 4.69) is 5.10 Å². The molecule has 0 aliphatic rings. The van der Waals surface area contributed by atoms with Crippen molar-refractivity contribution in [3.05, 3.63) is 11.3 Å². The standard InChI is InChI=1S/C6H10N4O/c1-3-4(6(8)11)5(7)9-10(3)2/h1-2H3,(H2,7,9)(H2,8,11). The molecule has 60 valence electrons. The van der Waals surface area contributed by atoms with E-state index in [4.69, 9.17) is 11.5 Å². The monoisotopic (exact) mass is 154 g/mol. The second kappa shape index (κ2) is 2.26. The second-order valence-corrected chi connectivity index (χ2v) is 2.33. The van der Waals surface area contributed by atoms with Gasteiger partial charge in [0.25, 0.3) is 5.91 Å². The molecule has 4 N–H and O–H groups in total. The molecule has 0 aliphatic heterocycles. The average Bonchev–Trinajstić information content (AvgIpc) is 2.07. The first kappa shape index (κ1) is 7.59. The number of nitrogens with zero attached hydrogens (tertiary/aromatic N) is 2. The van der Waals surface area contributed by atoms with Crippen LogP contribution in [0, 0.1) is 6.92 Å². The Labute approximate surface area is 64.0 Å². The van der Waals surface area contributed by atoms with E-state index < -0.39 is 5.91 Å². The lowest BCUT2D eigenvalue weighted by atomic mass is 10.2. The molecule has 1 rings (SSSR count). The minimum Gasteiger partial charge on any atom is -0.382 e. The van der Waals surface area contributed by atoms with Crippen molar-refractivity contribution in [2.75, 3.05) is 5.73 Å². The van der Waals surface area contributed by atoms with Gasteiger partial charge in [-0.3, -0.25) is 9.48 Å². The average molecular weight is 154 g/mol. The number of rotatable bonds is 1. The third kappa shape index (κ3) is 1.04. The number of amides is 1. The predicted molar refractivity (Wildman–Crippen MR) is 40.9 cm³/mol. The van der Waals surface area contributed by atoms with E-state index in [9.17, 15) is 4.79 Å². The van der Waals surface area contributed by atoms with E-state index in [0.29, 0.717) is 11.3 Å². The predicted octanol–water partition coefficient (Wildman–Crippen LogP) is -0.590. The van der Waals surface area contributed by atoms with E-state index >= 15 is 0 Å². The summed E-state index contributed by atoms with van der Waals surface area (Å²) in [6, 6.07) is 0. The fourth-order valence-electron chi connectivity index (χ4n) is 0.938. The van der Waals surface area contributed by atoms with Gasteiger partial charge >= 0.3 is 0 Å². The number of nitrogen functional groups attached to an aromatic ring is 1. The number of anilines is 1. The maximum atomic E-state index is 10.7. The highest BCUT2D eigenvalue weighted by molar-refractivity contribution is 5.98. The smallest absolute Gasteiger partial charge is 0.254 e. The van der Waals surface area contributed by atoms with E-state index in [1.165, 1.54) is 4.68 Å². The summed E-state index contributed by atoms with van der Waals surface area (Å²) >= 11 is 0. The normalized spacial score (nSPS) is 10.0. The first-order valence-electron chi connectivity index (χ1n) is 3.13. The largest absolute Gasteiger partial charge is 0.382 e. The van der Waals surface area contributed by atoms with E-state index in [0.717, 1.165) is 0 Å². The summed E-state index contributed by atoms with van der Waals surface area (Å²) in [7, 11) is 1.71. The molecular weight excluding hydrogens is 144 g/mol. The van der Waals surface area contributed by atoms with Gasteiger partial charge in [-0.05, 0) is 6.92 Å². The van der Waals surface area contributed by atoms with Crippen molar-refractivity contribution >= 4 is 11.7 Å². The number of carbonyl (C=O) groups is 1. The molecule has 1 heterocycles. The highest BCUT2D eigenvalue weighted by Gasteiger charge is 2.14. The highest BCUT2D eigenvalue weighted by atomic mass is 16.1. The Morgan fingerprint density at radius 1 is 1.64 bits per heavy atom. The van der Waals surface area contributed by atoms with Crippen LogP contribution < -0.4 is 11.5 Å². The van der Waals surface area contributed by atoms with Gasteiger partial charge in [0.05, 0.1) is 0 Å². The summed E-state index contributed by atoms with van der Waals surface area (Å²) < 4.78 is 1.52. The number of nitrogens with two attached hydrogens (primary N) is 2. The summed E-state index contributed by atoms with van der Waals surface area (Å²) in [5, 5.41) is 3.83. The Hall–Kier alpha value is -1.52. The molecule has 0 radical (unpaired) electrons. The zero-order valence-corrected chi connectivity index (χ0v) is 6.46. The molecule has 5 nitrogen and oxygen atoms in total. The summed E-state index contributed by atoms with van der Waals surface area (Å²) in [6.07, 6.45) is 0. The summed E-state index contributed by atoms with van der Waals surface area (Å²) in [5.74, 6) is -0.342. The fourth-order valence-corrected chi connectivity index (χ4v) is 0.938. The van der Waals surface area contributed by atoms with Crippen LogP contribution in [0.3, 0.4) is 0 Å². The van der Waals surface area contributed by atoms with Crippen LogP contribution in [0.1, 0.15) is 16.1 Å². The lowest BCUT2D eigenvalue weighted by Crippen LogP contribution is -2.13. The van der Waals surface area contributed by atoms with E-state index in [1.807, 2.05) is 0 Å². The number of carbonyl (C=O) groups excluding carboxylic acids is 1. The van der Waals surface area contributed by atoms with E-state index in [-0.39, 0.29) is 5.82 Å². The van der Waals surface area contributed by atoms with Crippen molar-refractivity contribution in [3.8, 4) is 0 Å². The number of aryl methyl sites for hydroxylation is 1. The van der Waals surface area contributed by atoms with Crippen molar-refractivity contribution in [3.63, 3.8) is 0 Å². The van der Waals surface area contributed by atoms with Gasteiger partial charge in [-0.25, -0.2) is 0 Å². The minimum atomic E-state index is -0.534. The topological polar surface area (TPSA) is 86.9 Å². The molecule has 0 aliphatic carbocycles. The van der Waals surface area contributed by atoms with Crippen molar-refractivity contribution in [1.82, 2.24) is 9.78 Å². The quantitative estimate of drug-likeness (QED) is 0.566. The highest BCUT2D eigenvalue weighted by Crippen LogP contribution is 2.12. The zero-order chi connectivity index (χ0) is 8.59. The van der Waals surface area contributed by atoms with Crippen molar-refractivity contribution in [1.29, 1.82) is 0 Å². The van der Waals surface area contributed by atoms with Gasteiger partial charge < -0.3 is 11.5 Å². The third-order valence-electron chi connectivity index (χ3n) is 1.61. The minimum absolute atomic E-state index is 0.192. The number of hydrogen-bond acceptors (Lipinski definition) is 3. The van der Waals surface area contributed by atoms with Crippen LogP contribution in [0.4, 0.5) is 5.82 Å². The van der Waals surface area contributed by atoms with Crippen LogP contribution in [0.15, 0.2) is 0 Å². The first-order chi connectivity index (χ1) is 5.04. The molecule has 0 fully saturated rings. The maximum Gasteiger partial charge on any atom is 0.254 e. The molecule has 0 unspecified atom stereocenters. The molecule has 0 aromatic carbocycles. The Bertz CT molecular complexity index is 302. The van der Waals surface area contributed by atoms with Crippen LogP contribution in [0.2, 0.25) is 0 Å². The Balaban J connectivity index is 3.34. The third-order valence-corrected chi connectivity index (χ3v) is 1.61. The van der Waals surface area contributed by atoms with Gasteiger partial charge in [0, 0.05) is 12.7 Å². The van der Waals surface area contributed by atoms with Crippen LogP contribution >= 0.6 is 0 Å². The van der Waals surface area contributed by atoms with Gasteiger partial charge in [0.2, 0.25) is 0 Å². The molecule has 0 atom stereocenters. The Kier molecular flexibility index (Phi) is 1.56. The Morgan fingerprint density at radius 2 is 2.18 bits per heavy atom. The molecular formula is C6H10N4O. The lowest BCUT2D eigenvalue weighted by Gasteiger charge is -1.93. The molecule has 5 heteroatoms. The Morgan fingerprint density at radius 3 is 2.36 bits per heavy atom. The zero-order valence-electron chi connectivity index (χ0n) is 6.46. The van der Waals surface area contributed by atoms with Crippen LogP contribution in [-0.2, 0) is 7.05 Å². The number of aromatic nitrogens is 2. The second-order valence-electron chi connectivity index (χ2n) is 2.33. The molecule has 1 aromatic heterocycles. The summed E-state index contributed by atoms with van der Waals surface area (Å²) in [4.78, 5) is 10.7. The van der Waals surface area contributed by atoms with Gasteiger partial charge in [-0.15, -0.1) is 0 Å². The maximum absolute atomic E-state index is 10.7. The summed E-state index contributed by atoms with van der Waals surface area (Å²) in [5.41, 5.74) is 11.5. The van der Waals surface area contributed by atoms with Gasteiger partial charge in [0.1, 0.15) is 5.56 Å². The van der Waals surface area contributed by atoms with Gasteiger partial charge in [0.15, 0.2) is 5.82 Å². The number of hydrogen-bond donors (Lipinski definition) is 2. The van der Waals surface area contributed by atoms with Crippen molar-refractivity contribution < 1.29 is 4.79 Å². The molecule has 1 amide bonds. The number of primary amides is 1. The molecule has 1 aromatic rings. The van der Waals surface area contributed by atoms with Crippen LogP contribution in [0.25, 0.3) is 0 Å². The van der Waals surface area contributed by atoms with E-state index in [1.54, 1.807) is 14.0 Å². The molecule has 0 saturated carbocycles. The molecule has 0 bridgehead atoms. The lowest BCUT2D eigenvalue weighted by molar-refractivity contribution is 0.100. The van der Waals surface area contributed by atoms with Gasteiger partial charge in [-0.1, -0.05) is 0 Å². The van der Waals surface area contributed by atoms with Crippen LogP contribution in [-0.4, -0.2) is 15.7 Å². The van der Waals surface area contributed by atoms with Crippen LogP contribution in [0.5, 0.6) is 0 Å². The van der Waals surface area contributed by atoms with Crippen molar-refractivity contribution in [2.24, 2.45) is 12.8 Å². The fraction of sp³-hybridized carbons (Fsp3) is 0.333. The molecule has 0 spiro atoms. The van der Waals surface area contributed by atoms with Gasteiger partial charge in [-0.2, -0.15) is 5.10 Å². The summed E-state index contributed by atoms with van der Waals surface area (Å²) in [6.45, 7) is 1.74. The molecule has 11 heavy (non-hydrogen) atoms. The molecule has 0 saturated heterocycles. The van der Waals surface area contributed by atoms with Crippen molar-refractivity contribution in [2.45, 2.75) is 6.92 Å².